The largest absolute Gasteiger partial charge is 0.326 e. The number of amides is 2. The average Bonchev–Trinajstić information content (AvgIpc) is 3.11. The number of benzene rings is 1. The van der Waals surface area contributed by atoms with Gasteiger partial charge in [0.05, 0.1) is 0 Å². The van der Waals surface area contributed by atoms with E-state index in [2.05, 4.69) is 10.6 Å². The summed E-state index contributed by atoms with van der Waals surface area (Å²) >= 11 is 0. The molecule has 0 aliphatic heterocycles. The lowest BCUT2D eigenvalue weighted by molar-refractivity contribution is -0.121. The third-order valence-electron chi connectivity index (χ3n) is 5.10. The maximum atomic E-state index is 12.4. The van der Waals surface area contributed by atoms with Crippen molar-refractivity contribution in [1.29, 1.82) is 0 Å². The first-order valence-electron chi connectivity index (χ1n) is 8.72. The van der Waals surface area contributed by atoms with E-state index >= 15 is 0 Å². The van der Waals surface area contributed by atoms with E-state index in [0.29, 0.717) is 18.3 Å². The molecule has 0 spiro atoms. The fourth-order valence-electron chi connectivity index (χ4n) is 4.02. The van der Waals surface area contributed by atoms with Gasteiger partial charge in [-0.3, -0.25) is 9.59 Å². The zero-order valence-electron chi connectivity index (χ0n) is 14.0. The Bertz CT molecular complexity index is 580. The first kappa shape index (κ1) is 16.0. The van der Waals surface area contributed by atoms with Gasteiger partial charge >= 0.3 is 0 Å². The molecular weight excluding hydrogens is 288 g/mol. The van der Waals surface area contributed by atoms with Crippen molar-refractivity contribution in [2.24, 2.45) is 23.7 Å². The molecule has 2 bridgehead atoms. The predicted octanol–water partition coefficient (Wildman–Crippen LogP) is 4.05. The molecule has 1 aromatic carbocycles. The zero-order chi connectivity index (χ0) is 16.4. The topological polar surface area (TPSA) is 58.2 Å². The second-order valence-corrected chi connectivity index (χ2v) is 7.49. The van der Waals surface area contributed by atoms with Crippen LogP contribution in [0.2, 0.25) is 0 Å². The van der Waals surface area contributed by atoms with Crippen LogP contribution < -0.4 is 10.6 Å². The lowest BCUT2D eigenvalue weighted by Gasteiger charge is -2.20. The third-order valence-corrected chi connectivity index (χ3v) is 5.10. The Morgan fingerprint density at radius 3 is 2.22 bits per heavy atom. The van der Waals surface area contributed by atoms with E-state index in [9.17, 15) is 9.59 Å². The van der Waals surface area contributed by atoms with Crippen molar-refractivity contribution < 1.29 is 9.59 Å². The van der Waals surface area contributed by atoms with Gasteiger partial charge in [0.25, 0.3) is 0 Å². The van der Waals surface area contributed by atoms with Crippen LogP contribution in [0.5, 0.6) is 0 Å². The van der Waals surface area contributed by atoms with E-state index in [1.54, 1.807) is 0 Å². The van der Waals surface area contributed by atoms with Gasteiger partial charge in [0, 0.05) is 23.7 Å². The molecule has 4 nitrogen and oxygen atoms in total. The Labute approximate surface area is 138 Å². The van der Waals surface area contributed by atoms with Crippen LogP contribution in [-0.4, -0.2) is 11.8 Å². The summed E-state index contributed by atoms with van der Waals surface area (Å²) < 4.78 is 0. The van der Waals surface area contributed by atoms with Gasteiger partial charge in [-0.1, -0.05) is 20.3 Å². The Morgan fingerprint density at radius 1 is 1.04 bits per heavy atom. The van der Waals surface area contributed by atoms with Gasteiger partial charge in [-0.25, -0.2) is 0 Å². The van der Waals surface area contributed by atoms with E-state index in [1.165, 1.54) is 19.3 Å². The molecule has 1 aromatic rings. The van der Waals surface area contributed by atoms with Crippen LogP contribution in [0.4, 0.5) is 11.4 Å². The van der Waals surface area contributed by atoms with Gasteiger partial charge in [0.15, 0.2) is 0 Å². The summed E-state index contributed by atoms with van der Waals surface area (Å²) in [6.45, 7) is 4.04. The molecule has 2 fully saturated rings. The number of hydrogen-bond acceptors (Lipinski definition) is 2. The lowest BCUT2D eigenvalue weighted by Crippen LogP contribution is -2.27. The van der Waals surface area contributed by atoms with Crippen molar-refractivity contribution in [2.45, 2.75) is 46.0 Å². The monoisotopic (exact) mass is 314 g/mol. The van der Waals surface area contributed by atoms with Crippen LogP contribution in [0, 0.1) is 23.7 Å². The fraction of sp³-hybridized carbons (Fsp3) is 0.579. The lowest BCUT2D eigenvalue weighted by atomic mass is 9.88. The number of hydrogen-bond donors (Lipinski definition) is 2. The van der Waals surface area contributed by atoms with E-state index in [4.69, 9.17) is 0 Å². The summed E-state index contributed by atoms with van der Waals surface area (Å²) in [6.07, 6.45) is 5.32. The van der Waals surface area contributed by atoms with Gasteiger partial charge in [-0.05, 0) is 61.3 Å². The van der Waals surface area contributed by atoms with E-state index < -0.39 is 0 Å². The van der Waals surface area contributed by atoms with Crippen LogP contribution in [0.1, 0.15) is 46.0 Å². The van der Waals surface area contributed by atoms with Crippen molar-refractivity contribution in [1.82, 2.24) is 0 Å². The molecule has 0 aromatic heterocycles. The minimum Gasteiger partial charge on any atom is -0.326 e. The van der Waals surface area contributed by atoms with E-state index in [1.807, 2.05) is 38.1 Å². The van der Waals surface area contributed by atoms with Crippen LogP contribution in [0.3, 0.4) is 0 Å². The number of anilines is 2. The molecule has 0 saturated heterocycles. The molecule has 3 atom stereocenters. The fourth-order valence-corrected chi connectivity index (χ4v) is 4.02. The van der Waals surface area contributed by atoms with E-state index in [0.717, 1.165) is 23.7 Å². The molecule has 3 unspecified atom stereocenters. The highest BCUT2D eigenvalue weighted by molar-refractivity contribution is 5.94. The summed E-state index contributed by atoms with van der Waals surface area (Å²) in [7, 11) is 0. The second-order valence-electron chi connectivity index (χ2n) is 7.49. The van der Waals surface area contributed by atoms with Gasteiger partial charge in [-0.15, -0.1) is 0 Å². The van der Waals surface area contributed by atoms with Crippen molar-refractivity contribution in [3.8, 4) is 0 Å². The Morgan fingerprint density at radius 2 is 1.70 bits per heavy atom. The average molecular weight is 314 g/mol. The van der Waals surface area contributed by atoms with Crippen molar-refractivity contribution >= 4 is 23.2 Å². The number of nitrogens with one attached hydrogen (secondary N) is 2. The molecular formula is C19H26N2O2. The maximum Gasteiger partial charge on any atom is 0.227 e. The number of carbonyl (C=O) groups is 2. The molecule has 2 aliphatic rings. The normalized spacial score (nSPS) is 25.6. The highest BCUT2D eigenvalue weighted by atomic mass is 16.2. The van der Waals surface area contributed by atoms with E-state index in [-0.39, 0.29) is 17.7 Å². The van der Waals surface area contributed by atoms with Gasteiger partial charge < -0.3 is 10.6 Å². The second kappa shape index (κ2) is 6.73. The molecule has 2 aliphatic carbocycles. The third kappa shape index (κ3) is 3.92. The Kier molecular flexibility index (Phi) is 4.69. The zero-order valence-corrected chi connectivity index (χ0v) is 14.0. The molecule has 3 rings (SSSR count). The number of carbonyl (C=O) groups excluding carboxylic acids is 2. The summed E-state index contributed by atoms with van der Waals surface area (Å²) in [4.78, 5) is 24.2. The Balaban J connectivity index is 1.53. The van der Waals surface area contributed by atoms with Crippen LogP contribution in [-0.2, 0) is 9.59 Å². The molecule has 2 saturated carbocycles. The van der Waals surface area contributed by atoms with Gasteiger partial charge in [0.2, 0.25) is 11.8 Å². The van der Waals surface area contributed by atoms with Gasteiger partial charge in [-0.2, -0.15) is 0 Å². The molecule has 0 radical (unpaired) electrons. The molecule has 0 heterocycles. The van der Waals surface area contributed by atoms with Crippen molar-refractivity contribution in [2.75, 3.05) is 10.6 Å². The molecule has 2 N–H and O–H groups in total. The van der Waals surface area contributed by atoms with Crippen LogP contribution >= 0.6 is 0 Å². The molecule has 4 heteroatoms. The SMILES string of the molecule is CC(C)CC(=O)Nc1ccc(NC(=O)C2CC3CCC2C3)cc1. The maximum absolute atomic E-state index is 12.4. The first-order chi connectivity index (χ1) is 11.0. The van der Waals surface area contributed by atoms with Crippen molar-refractivity contribution in [3.05, 3.63) is 24.3 Å². The molecule has 23 heavy (non-hydrogen) atoms. The number of rotatable bonds is 5. The highest BCUT2D eigenvalue weighted by Gasteiger charge is 2.42. The van der Waals surface area contributed by atoms with Crippen LogP contribution in [0.15, 0.2) is 24.3 Å². The summed E-state index contributed by atoms with van der Waals surface area (Å²) in [5.41, 5.74) is 1.58. The van der Waals surface area contributed by atoms with Gasteiger partial charge in [0.1, 0.15) is 0 Å². The minimum absolute atomic E-state index is 0.0266. The highest BCUT2D eigenvalue weighted by Crippen LogP contribution is 2.48. The first-order valence-corrected chi connectivity index (χ1v) is 8.72. The summed E-state index contributed by atoms with van der Waals surface area (Å²) in [5, 5.41) is 5.91. The van der Waals surface area contributed by atoms with Crippen LogP contribution in [0.25, 0.3) is 0 Å². The van der Waals surface area contributed by atoms with Crippen molar-refractivity contribution in [3.63, 3.8) is 0 Å². The predicted molar refractivity (Wildman–Crippen MR) is 92.1 cm³/mol. The molecule has 124 valence electrons. The summed E-state index contributed by atoms with van der Waals surface area (Å²) in [6, 6.07) is 7.40. The smallest absolute Gasteiger partial charge is 0.227 e. The minimum atomic E-state index is 0.0266. The summed E-state index contributed by atoms with van der Waals surface area (Å²) in [5.74, 6) is 2.09. The Hall–Kier alpha value is -1.84. The number of fused-ring (bicyclic) bond motifs is 2. The standard InChI is InChI=1S/C19H26N2O2/c1-12(2)9-18(22)20-15-5-7-16(8-6-15)21-19(23)17-11-13-3-4-14(17)10-13/h5-8,12-14,17H,3-4,9-11H2,1-2H3,(H,20,22)(H,21,23). The quantitative estimate of drug-likeness (QED) is 0.861. The molecule has 2 amide bonds.